The number of nitrogens with one attached hydrogen (secondary N) is 1. The van der Waals surface area contributed by atoms with Crippen molar-refractivity contribution in [1.29, 1.82) is 0 Å². The van der Waals surface area contributed by atoms with Crippen LogP contribution in [-0.2, 0) is 11.3 Å². The zero-order valence-corrected chi connectivity index (χ0v) is 15.6. The Morgan fingerprint density at radius 2 is 2.07 bits per heavy atom. The molecule has 27 heavy (non-hydrogen) atoms. The molecule has 2 heterocycles. The number of carbonyl (C=O) groups excluding carboxylic acids is 1. The van der Waals surface area contributed by atoms with Crippen molar-refractivity contribution in [2.24, 2.45) is 0 Å². The van der Waals surface area contributed by atoms with Gasteiger partial charge in [0.05, 0.1) is 22.7 Å². The van der Waals surface area contributed by atoms with E-state index in [4.69, 9.17) is 4.42 Å². The molecule has 0 unspecified atom stereocenters. The first-order valence-electron chi connectivity index (χ1n) is 8.16. The minimum Gasteiger partial charge on any atom is -0.444 e. The van der Waals surface area contributed by atoms with Crippen LogP contribution in [0.1, 0.15) is 22.2 Å². The summed E-state index contributed by atoms with van der Waals surface area (Å²) < 4.78 is 5.41. The van der Waals surface area contributed by atoms with Crippen molar-refractivity contribution < 1.29 is 14.1 Å². The summed E-state index contributed by atoms with van der Waals surface area (Å²) >= 11 is 1.38. The average molecular weight is 383 g/mol. The minimum absolute atomic E-state index is 0.0594. The summed E-state index contributed by atoms with van der Waals surface area (Å²) in [7, 11) is 0. The van der Waals surface area contributed by atoms with E-state index in [1.807, 2.05) is 26.0 Å². The Morgan fingerprint density at radius 1 is 1.30 bits per heavy atom. The molecule has 0 atom stereocenters. The predicted octanol–water partition coefficient (Wildman–Crippen LogP) is 4.26. The van der Waals surface area contributed by atoms with Gasteiger partial charge in [-0.3, -0.25) is 14.9 Å². The number of nitrogens with zero attached hydrogens (tertiary/aromatic N) is 2. The first-order valence-corrected chi connectivity index (χ1v) is 8.98. The number of para-hydroxylation sites is 1. The van der Waals surface area contributed by atoms with Gasteiger partial charge < -0.3 is 9.73 Å². The average Bonchev–Trinajstić information content (AvgIpc) is 3.25. The predicted molar refractivity (Wildman–Crippen MR) is 103 cm³/mol. The summed E-state index contributed by atoms with van der Waals surface area (Å²) in [5, 5.41) is 13.9. The van der Waals surface area contributed by atoms with Gasteiger partial charge in [0.2, 0.25) is 11.8 Å². The van der Waals surface area contributed by atoms with Crippen LogP contribution in [0.15, 0.2) is 46.9 Å². The summed E-state index contributed by atoms with van der Waals surface area (Å²) in [4.78, 5) is 28.5. The molecule has 0 bridgehead atoms. The number of oxazole rings is 1. The fourth-order valence-corrected chi connectivity index (χ4v) is 3.37. The largest absolute Gasteiger partial charge is 0.444 e. The minimum atomic E-state index is -0.399. The summed E-state index contributed by atoms with van der Waals surface area (Å²) in [5.41, 5.74) is 1.42. The number of amides is 1. The number of rotatable bonds is 6. The summed E-state index contributed by atoms with van der Waals surface area (Å²) in [6.07, 6.45) is 3.09. The third-order valence-electron chi connectivity index (χ3n) is 3.88. The molecule has 0 aliphatic heterocycles. The molecule has 0 spiro atoms. The topological polar surface area (TPSA) is 98.3 Å². The smallest absolute Gasteiger partial charge is 0.278 e. The van der Waals surface area contributed by atoms with Crippen molar-refractivity contribution >= 4 is 29.0 Å². The van der Waals surface area contributed by atoms with Gasteiger partial charge in [-0.25, -0.2) is 4.98 Å². The van der Waals surface area contributed by atoms with Crippen LogP contribution < -0.4 is 5.32 Å². The number of carbonyl (C=O) groups is 1. The van der Waals surface area contributed by atoms with Crippen molar-refractivity contribution in [3.63, 3.8) is 0 Å². The van der Waals surface area contributed by atoms with Gasteiger partial charge >= 0.3 is 0 Å². The molecule has 7 nitrogen and oxygen atoms in total. The maximum Gasteiger partial charge on any atom is 0.278 e. The Kier molecular flexibility index (Phi) is 5.46. The number of hydrogen-bond acceptors (Lipinski definition) is 6. The fourth-order valence-electron chi connectivity index (χ4n) is 2.42. The van der Waals surface area contributed by atoms with E-state index in [-0.39, 0.29) is 18.1 Å². The second kappa shape index (κ2) is 7.96. The second-order valence-electron chi connectivity index (χ2n) is 5.78. The van der Waals surface area contributed by atoms with Crippen molar-refractivity contribution in [2.75, 3.05) is 0 Å². The monoisotopic (exact) mass is 383 g/mol. The lowest BCUT2D eigenvalue weighted by atomic mass is 10.1. The maximum atomic E-state index is 11.9. The highest BCUT2D eigenvalue weighted by atomic mass is 32.1. The van der Waals surface area contributed by atoms with Crippen LogP contribution in [0.25, 0.3) is 16.5 Å². The molecule has 0 saturated heterocycles. The molecule has 2 aromatic heterocycles. The van der Waals surface area contributed by atoms with Gasteiger partial charge in [0.1, 0.15) is 5.76 Å². The van der Waals surface area contributed by atoms with Crippen LogP contribution in [-0.4, -0.2) is 15.8 Å². The van der Waals surface area contributed by atoms with E-state index in [0.29, 0.717) is 11.5 Å². The molecule has 3 aromatic rings. The summed E-state index contributed by atoms with van der Waals surface area (Å²) in [6, 6.07) is 10.2. The van der Waals surface area contributed by atoms with E-state index in [1.54, 1.807) is 24.3 Å². The first kappa shape index (κ1) is 18.5. The highest BCUT2D eigenvalue weighted by molar-refractivity contribution is 7.16. The lowest BCUT2D eigenvalue weighted by Gasteiger charge is -1.99. The van der Waals surface area contributed by atoms with Crippen LogP contribution in [0.4, 0.5) is 5.69 Å². The third-order valence-corrected chi connectivity index (χ3v) is 4.96. The van der Waals surface area contributed by atoms with E-state index in [2.05, 4.69) is 10.3 Å². The standard InChI is InChI=1S/C19H17N3O4S/c1-12-13(2)26-19(21-12)11-20-18(23)10-8-14-7-9-17(27-14)15-5-3-4-6-16(15)22(24)25/h3-10H,11H2,1-2H3,(H,20,23). The Labute approximate surface area is 159 Å². The SMILES string of the molecule is Cc1nc(CNC(=O)C=Cc2ccc(-c3ccccc3[N+](=O)[O-])s2)oc1C. The van der Waals surface area contributed by atoms with Crippen LogP contribution >= 0.6 is 11.3 Å². The molecule has 0 radical (unpaired) electrons. The molecular weight excluding hydrogens is 366 g/mol. The molecular formula is C19H17N3O4S. The Bertz CT molecular complexity index is 1000. The highest BCUT2D eigenvalue weighted by Gasteiger charge is 2.15. The number of hydrogen-bond donors (Lipinski definition) is 1. The third kappa shape index (κ3) is 4.48. The molecule has 1 N–H and O–H groups in total. The summed E-state index contributed by atoms with van der Waals surface area (Å²) in [6.45, 7) is 3.87. The number of nitro groups is 1. The van der Waals surface area contributed by atoms with E-state index in [9.17, 15) is 14.9 Å². The Morgan fingerprint density at radius 3 is 2.78 bits per heavy atom. The molecule has 138 valence electrons. The lowest BCUT2D eigenvalue weighted by molar-refractivity contribution is -0.384. The summed E-state index contributed by atoms with van der Waals surface area (Å²) in [5.74, 6) is 0.918. The van der Waals surface area contributed by atoms with Gasteiger partial charge in [-0.15, -0.1) is 11.3 Å². The zero-order chi connectivity index (χ0) is 19.4. The quantitative estimate of drug-likeness (QED) is 0.390. The van der Waals surface area contributed by atoms with Gasteiger partial charge in [-0.1, -0.05) is 12.1 Å². The van der Waals surface area contributed by atoms with Crippen LogP contribution in [0.2, 0.25) is 0 Å². The molecule has 1 amide bonds. The molecule has 0 aliphatic carbocycles. The van der Waals surface area contributed by atoms with Gasteiger partial charge in [0.25, 0.3) is 5.69 Å². The zero-order valence-electron chi connectivity index (χ0n) is 14.8. The molecule has 0 aliphatic rings. The van der Waals surface area contributed by atoms with E-state index in [1.165, 1.54) is 23.5 Å². The molecule has 1 aromatic carbocycles. The van der Waals surface area contributed by atoms with E-state index in [0.717, 1.165) is 21.2 Å². The highest BCUT2D eigenvalue weighted by Crippen LogP contribution is 2.34. The Hall–Kier alpha value is -3.26. The molecule has 3 rings (SSSR count). The van der Waals surface area contributed by atoms with E-state index >= 15 is 0 Å². The number of aromatic nitrogens is 1. The normalized spacial score (nSPS) is 11.0. The van der Waals surface area contributed by atoms with Crippen LogP contribution in [0, 0.1) is 24.0 Å². The molecule has 8 heteroatoms. The van der Waals surface area contributed by atoms with Gasteiger partial charge in [-0.05, 0) is 38.1 Å². The van der Waals surface area contributed by atoms with Crippen LogP contribution in [0.3, 0.4) is 0 Å². The number of nitro benzene ring substituents is 1. The van der Waals surface area contributed by atoms with E-state index < -0.39 is 4.92 Å². The van der Waals surface area contributed by atoms with Crippen molar-refractivity contribution in [3.05, 3.63) is 74.8 Å². The Balaban J connectivity index is 1.65. The lowest BCUT2D eigenvalue weighted by Crippen LogP contribution is -2.20. The number of thiophene rings is 1. The molecule has 0 fully saturated rings. The van der Waals surface area contributed by atoms with Crippen molar-refractivity contribution in [3.8, 4) is 10.4 Å². The maximum absolute atomic E-state index is 11.9. The van der Waals surface area contributed by atoms with Crippen LogP contribution in [0.5, 0.6) is 0 Å². The van der Waals surface area contributed by atoms with Gasteiger partial charge in [0, 0.05) is 21.9 Å². The second-order valence-corrected chi connectivity index (χ2v) is 6.89. The van der Waals surface area contributed by atoms with Gasteiger partial charge in [0.15, 0.2) is 0 Å². The van der Waals surface area contributed by atoms with Crippen molar-refractivity contribution in [1.82, 2.24) is 10.3 Å². The van der Waals surface area contributed by atoms with Crippen molar-refractivity contribution in [2.45, 2.75) is 20.4 Å². The fraction of sp³-hybridized carbons (Fsp3) is 0.158. The first-order chi connectivity index (χ1) is 12.9. The van der Waals surface area contributed by atoms with Gasteiger partial charge in [-0.2, -0.15) is 0 Å². The number of benzene rings is 1. The number of aryl methyl sites for hydroxylation is 2. The molecule has 0 saturated carbocycles.